The standard InChI is InChI=1S/C21H17F3N2O4S2.C8H6ClNO2S2/c1-13-25-18-12-16(8-10-19(18)31-13)32(28,29)26-17-9-7-15(21(22,23)24)11-14(17)5-3-4-6-20(27)30-2;1-5-10-7-4-6(14(9,11)12)2-3-8(7)13-5/h7-12,26H,4,6H2,1-2H3;2-4H,1H3. The third kappa shape index (κ3) is 8.95. The Morgan fingerprint density at radius 3 is 2.02 bits per heavy atom. The number of benzene rings is 3. The topological polar surface area (TPSA) is 132 Å². The van der Waals surface area contributed by atoms with Gasteiger partial charge in [-0.05, 0) is 68.4 Å². The van der Waals surface area contributed by atoms with Gasteiger partial charge in [0.15, 0.2) is 0 Å². The van der Waals surface area contributed by atoms with Crippen LogP contribution >= 0.6 is 33.4 Å². The first-order valence-electron chi connectivity index (χ1n) is 12.9. The van der Waals surface area contributed by atoms with Crippen LogP contribution in [-0.2, 0) is 34.8 Å². The van der Waals surface area contributed by atoms with Gasteiger partial charge in [0.25, 0.3) is 19.1 Å². The lowest BCUT2D eigenvalue weighted by Crippen LogP contribution is -2.14. The van der Waals surface area contributed by atoms with Crippen LogP contribution in [0.2, 0.25) is 0 Å². The highest BCUT2D eigenvalue weighted by Crippen LogP contribution is 2.33. The molecule has 0 spiro atoms. The van der Waals surface area contributed by atoms with Gasteiger partial charge in [-0.25, -0.2) is 26.8 Å². The number of alkyl halides is 3. The van der Waals surface area contributed by atoms with Crippen LogP contribution in [0.4, 0.5) is 18.9 Å². The van der Waals surface area contributed by atoms with Crippen molar-refractivity contribution in [2.24, 2.45) is 0 Å². The minimum atomic E-state index is -4.63. The molecule has 0 fully saturated rings. The van der Waals surface area contributed by atoms with Crippen LogP contribution in [0.1, 0.15) is 34.0 Å². The molecule has 0 aliphatic heterocycles. The molecule has 0 radical (unpaired) electrons. The highest BCUT2D eigenvalue weighted by molar-refractivity contribution is 8.13. The maximum atomic E-state index is 13.1. The number of hydrogen-bond donors (Lipinski definition) is 1. The number of ether oxygens (including phenoxy) is 1. The number of aromatic nitrogens is 2. The van der Waals surface area contributed by atoms with Gasteiger partial charge >= 0.3 is 12.1 Å². The van der Waals surface area contributed by atoms with Gasteiger partial charge in [0, 0.05) is 22.7 Å². The molecule has 2 heterocycles. The number of nitrogens with one attached hydrogen (secondary N) is 1. The smallest absolute Gasteiger partial charge is 0.416 e. The van der Waals surface area contributed by atoms with E-state index >= 15 is 0 Å². The molecule has 1 N–H and O–H groups in total. The van der Waals surface area contributed by atoms with Crippen molar-refractivity contribution >= 4 is 84.5 Å². The van der Waals surface area contributed by atoms with Gasteiger partial charge in [0.1, 0.15) is 0 Å². The van der Waals surface area contributed by atoms with E-state index in [0.29, 0.717) is 11.0 Å². The Morgan fingerprint density at radius 2 is 1.48 bits per heavy atom. The number of hydrogen-bond acceptors (Lipinski definition) is 10. The number of carbonyl (C=O) groups is 1. The summed E-state index contributed by atoms with van der Waals surface area (Å²) in [6, 6.07) is 11.6. The molecule has 17 heteroatoms. The zero-order chi connectivity index (χ0) is 33.9. The molecule has 5 rings (SSSR count). The Morgan fingerprint density at radius 1 is 0.913 bits per heavy atom. The second-order valence-electron chi connectivity index (χ2n) is 9.40. The van der Waals surface area contributed by atoms with Crippen LogP contribution in [0.15, 0.2) is 64.4 Å². The monoisotopic (exact) mass is 729 g/mol. The number of methoxy groups -OCH3 is 1. The quantitative estimate of drug-likeness (QED) is 0.110. The largest absolute Gasteiger partial charge is 0.469 e. The Bertz CT molecular complexity index is 2220. The predicted molar refractivity (Wildman–Crippen MR) is 172 cm³/mol. The van der Waals surface area contributed by atoms with Crippen LogP contribution in [-0.4, -0.2) is 39.9 Å². The van der Waals surface area contributed by atoms with Crippen LogP contribution in [0.5, 0.6) is 0 Å². The van der Waals surface area contributed by atoms with Gasteiger partial charge < -0.3 is 4.74 Å². The van der Waals surface area contributed by atoms with Crippen molar-refractivity contribution in [3.8, 4) is 11.8 Å². The zero-order valence-electron chi connectivity index (χ0n) is 24.1. The summed E-state index contributed by atoms with van der Waals surface area (Å²) < 4.78 is 95.8. The molecule has 3 aromatic carbocycles. The number of fused-ring (bicyclic) bond motifs is 2. The van der Waals surface area contributed by atoms with Gasteiger partial charge in [-0.2, -0.15) is 13.2 Å². The van der Waals surface area contributed by atoms with Crippen molar-refractivity contribution < 1.29 is 39.5 Å². The molecule has 0 aliphatic rings. The Kier molecular flexibility index (Phi) is 10.6. The Balaban J connectivity index is 0.000000284. The summed E-state index contributed by atoms with van der Waals surface area (Å²) in [5, 5.41) is 1.68. The van der Waals surface area contributed by atoms with E-state index in [2.05, 4.69) is 31.3 Å². The third-order valence-corrected chi connectivity index (χ3v) is 10.6. The van der Waals surface area contributed by atoms with Crippen molar-refractivity contribution in [2.45, 2.75) is 42.7 Å². The van der Waals surface area contributed by atoms with Gasteiger partial charge in [-0.15, -0.1) is 22.7 Å². The van der Waals surface area contributed by atoms with Gasteiger partial charge in [0.05, 0.1) is 65.0 Å². The summed E-state index contributed by atoms with van der Waals surface area (Å²) in [6.07, 6.45) is -4.64. The van der Waals surface area contributed by atoms with Gasteiger partial charge in [-0.1, -0.05) is 11.8 Å². The summed E-state index contributed by atoms with van der Waals surface area (Å²) >= 11 is 2.93. The van der Waals surface area contributed by atoms with Crippen LogP contribution in [0.25, 0.3) is 20.4 Å². The average Bonchev–Trinajstić information content (AvgIpc) is 3.54. The van der Waals surface area contributed by atoms with Crippen molar-refractivity contribution in [3.63, 3.8) is 0 Å². The third-order valence-electron chi connectivity index (χ3n) is 6.02. The number of sulfonamides is 1. The van der Waals surface area contributed by atoms with Crippen molar-refractivity contribution in [1.29, 1.82) is 0 Å². The molecular formula is C29H23ClF3N3O6S4. The van der Waals surface area contributed by atoms with E-state index in [1.165, 1.54) is 54.0 Å². The van der Waals surface area contributed by atoms with Crippen molar-refractivity contribution in [1.82, 2.24) is 9.97 Å². The first kappa shape index (κ1) is 35.1. The number of esters is 1. The molecule has 9 nitrogen and oxygen atoms in total. The highest BCUT2D eigenvalue weighted by Gasteiger charge is 2.31. The highest BCUT2D eigenvalue weighted by atomic mass is 35.7. The first-order valence-corrected chi connectivity index (χ1v) is 18.4. The van der Waals surface area contributed by atoms with Crippen LogP contribution < -0.4 is 4.72 Å². The van der Waals surface area contributed by atoms with E-state index in [0.717, 1.165) is 37.6 Å². The summed E-state index contributed by atoms with van der Waals surface area (Å²) in [5.74, 6) is 4.58. The molecule has 0 unspecified atom stereocenters. The van der Waals surface area contributed by atoms with Gasteiger partial charge in [-0.3, -0.25) is 9.52 Å². The lowest BCUT2D eigenvalue weighted by Gasteiger charge is -2.13. The van der Waals surface area contributed by atoms with Crippen molar-refractivity contribution in [2.75, 3.05) is 11.8 Å². The van der Waals surface area contributed by atoms with E-state index < -0.39 is 36.8 Å². The number of nitrogens with zero attached hydrogens (tertiary/aromatic N) is 2. The maximum Gasteiger partial charge on any atom is 0.416 e. The molecule has 0 saturated carbocycles. The fraction of sp³-hybridized carbons (Fsp3) is 0.207. The lowest BCUT2D eigenvalue weighted by atomic mass is 10.1. The van der Waals surface area contributed by atoms with E-state index in [9.17, 15) is 34.8 Å². The molecule has 242 valence electrons. The van der Waals surface area contributed by atoms with Gasteiger partial charge in [0.2, 0.25) is 0 Å². The van der Waals surface area contributed by atoms with E-state index in [1.807, 2.05) is 6.92 Å². The average molecular weight is 730 g/mol. The number of halogens is 4. The second kappa shape index (κ2) is 13.9. The molecule has 0 amide bonds. The van der Waals surface area contributed by atoms with E-state index in [4.69, 9.17) is 10.7 Å². The van der Waals surface area contributed by atoms with Crippen LogP contribution in [0, 0.1) is 25.7 Å². The number of aryl methyl sites for hydroxylation is 2. The minimum Gasteiger partial charge on any atom is -0.469 e. The summed E-state index contributed by atoms with van der Waals surface area (Å²) in [5.41, 5.74) is -0.0751. The van der Waals surface area contributed by atoms with Crippen molar-refractivity contribution in [3.05, 3.63) is 75.7 Å². The molecular weight excluding hydrogens is 707 g/mol. The van der Waals surface area contributed by atoms with E-state index in [-0.39, 0.29) is 33.9 Å². The second-order valence-corrected chi connectivity index (χ2v) is 16.1. The minimum absolute atomic E-state index is 0.0367. The normalized spacial score (nSPS) is 11.8. The van der Waals surface area contributed by atoms with Crippen LogP contribution in [0.3, 0.4) is 0 Å². The molecule has 5 aromatic rings. The summed E-state index contributed by atoms with van der Waals surface area (Å²) in [4.78, 5) is 19.6. The Labute approximate surface area is 274 Å². The Hall–Kier alpha value is -3.75. The molecule has 0 saturated heterocycles. The summed E-state index contributed by atoms with van der Waals surface area (Å²) in [6.45, 7) is 3.67. The lowest BCUT2D eigenvalue weighted by molar-refractivity contribution is -0.140. The first-order chi connectivity index (χ1) is 21.5. The SMILES string of the molecule is COC(=O)CCC#Cc1cc(C(F)(F)F)ccc1NS(=O)(=O)c1ccc2sc(C)nc2c1.Cc1nc2cc(S(=O)(=O)Cl)ccc2s1. The molecule has 0 aliphatic carbocycles. The predicted octanol–water partition coefficient (Wildman–Crippen LogP) is 7.26. The number of anilines is 1. The summed E-state index contributed by atoms with van der Waals surface area (Å²) in [7, 11) is -1.35. The molecule has 0 atom stereocenters. The molecule has 2 aromatic heterocycles. The number of thiazole rings is 2. The number of rotatable bonds is 6. The molecule has 0 bridgehead atoms. The zero-order valence-corrected chi connectivity index (χ0v) is 28.1. The maximum absolute atomic E-state index is 13.1. The number of carbonyl (C=O) groups excluding carboxylic acids is 1. The fourth-order valence-corrected chi connectivity index (χ4v) is 7.39. The molecule has 46 heavy (non-hydrogen) atoms. The van der Waals surface area contributed by atoms with E-state index in [1.54, 1.807) is 19.1 Å². The fourth-order valence-electron chi connectivity index (χ4n) is 3.90.